The van der Waals surface area contributed by atoms with E-state index in [0.29, 0.717) is 25.6 Å². The van der Waals surface area contributed by atoms with E-state index in [1.54, 1.807) is 29.1 Å². The van der Waals surface area contributed by atoms with Gasteiger partial charge in [-0.15, -0.1) is 0 Å². The molecule has 7 heteroatoms. The Morgan fingerprint density at radius 3 is 2.82 bits per heavy atom. The molecule has 0 aliphatic carbocycles. The van der Waals surface area contributed by atoms with Crippen molar-refractivity contribution in [2.45, 2.75) is 5.54 Å². The molecule has 0 N–H and O–H groups in total. The topological polar surface area (TPSA) is 58.6 Å². The lowest BCUT2D eigenvalue weighted by molar-refractivity contribution is -0.0978. The van der Waals surface area contributed by atoms with Crippen molar-refractivity contribution in [1.29, 1.82) is 0 Å². The molecule has 2 aliphatic heterocycles. The van der Waals surface area contributed by atoms with Crippen LogP contribution in [0.15, 0.2) is 12.3 Å². The number of carbonyl (C=O) groups is 1. The Morgan fingerprint density at radius 1 is 1.53 bits per heavy atom. The number of carbonyl (C=O) groups excluding carboxylic acids is 1. The van der Waals surface area contributed by atoms with Gasteiger partial charge in [-0.3, -0.25) is 4.90 Å². The summed E-state index contributed by atoms with van der Waals surface area (Å²) in [7, 11) is 1.79. The van der Waals surface area contributed by atoms with Crippen LogP contribution in [0.4, 0.5) is 10.6 Å². The molecule has 0 aromatic carbocycles. The Morgan fingerprint density at radius 2 is 2.29 bits per heavy atom. The minimum Gasteiger partial charge on any atom is -0.376 e. The molecular weight excluding hydrogens is 244 g/mol. The molecule has 0 unspecified atom stereocenters. The van der Waals surface area contributed by atoms with Crippen LogP contribution in [0.25, 0.3) is 0 Å². The van der Waals surface area contributed by atoms with Crippen molar-refractivity contribution >= 4 is 23.4 Å². The van der Waals surface area contributed by atoms with E-state index in [9.17, 15) is 4.79 Å². The highest BCUT2D eigenvalue weighted by molar-refractivity contribution is 6.28. The summed E-state index contributed by atoms with van der Waals surface area (Å²) in [4.78, 5) is 23.3. The summed E-state index contributed by atoms with van der Waals surface area (Å²) < 4.78 is 5.21. The molecular formula is C10H11ClN4O2. The van der Waals surface area contributed by atoms with Crippen molar-refractivity contribution in [2.24, 2.45) is 0 Å². The van der Waals surface area contributed by atoms with E-state index in [2.05, 4.69) is 9.97 Å². The molecule has 2 fully saturated rings. The number of hydrogen-bond acceptors (Lipinski definition) is 4. The van der Waals surface area contributed by atoms with Gasteiger partial charge in [-0.05, 0) is 17.7 Å². The first kappa shape index (κ1) is 10.7. The van der Waals surface area contributed by atoms with Crippen LogP contribution in [0.5, 0.6) is 0 Å². The first-order valence-electron chi connectivity index (χ1n) is 5.24. The molecule has 90 valence electrons. The van der Waals surface area contributed by atoms with Crippen LogP contribution in [0.2, 0.25) is 5.28 Å². The fourth-order valence-corrected chi connectivity index (χ4v) is 2.27. The number of amides is 2. The Balaban J connectivity index is 1.92. The van der Waals surface area contributed by atoms with Gasteiger partial charge in [0, 0.05) is 13.2 Å². The number of halogens is 1. The van der Waals surface area contributed by atoms with E-state index >= 15 is 0 Å². The molecule has 17 heavy (non-hydrogen) atoms. The van der Waals surface area contributed by atoms with Gasteiger partial charge in [0.15, 0.2) is 0 Å². The first-order chi connectivity index (χ1) is 8.12. The predicted octanol–water partition coefficient (Wildman–Crippen LogP) is 0.771. The molecule has 2 saturated heterocycles. The van der Waals surface area contributed by atoms with Crippen LogP contribution >= 0.6 is 11.6 Å². The first-order valence-corrected chi connectivity index (χ1v) is 5.62. The lowest BCUT2D eigenvalue weighted by Gasteiger charge is -2.41. The second-order valence-electron chi connectivity index (χ2n) is 4.33. The number of aromatic nitrogens is 2. The van der Waals surface area contributed by atoms with Crippen molar-refractivity contribution in [2.75, 3.05) is 31.7 Å². The molecule has 0 radical (unpaired) electrons. The Labute approximate surface area is 103 Å². The quantitative estimate of drug-likeness (QED) is 0.695. The number of likely N-dealkylation sites (N-methyl/N-ethyl adjacent to an activating group) is 1. The highest BCUT2D eigenvalue weighted by atomic mass is 35.5. The van der Waals surface area contributed by atoms with E-state index in [4.69, 9.17) is 16.3 Å². The zero-order valence-electron chi connectivity index (χ0n) is 9.26. The molecule has 0 atom stereocenters. The zero-order chi connectivity index (χ0) is 12.0. The zero-order valence-corrected chi connectivity index (χ0v) is 10.0. The van der Waals surface area contributed by atoms with Crippen LogP contribution in [-0.4, -0.2) is 53.2 Å². The van der Waals surface area contributed by atoms with Gasteiger partial charge in [0.1, 0.15) is 11.4 Å². The van der Waals surface area contributed by atoms with Gasteiger partial charge < -0.3 is 9.64 Å². The molecule has 2 aliphatic rings. The van der Waals surface area contributed by atoms with E-state index in [1.165, 1.54) is 0 Å². The van der Waals surface area contributed by atoms with Crippen molar-refractivity contribution in [3.63, 3.8) is 0 Å². The van der Waals surface area contributed by atoms with Gasteiger partial charge in [0.05, 0.1) is 19.8 Å². The summed E-state index contributed by atoms with van der Waals surface area (Å²) in [6.45, 7) is 1.73. The number of nitrogens with zero attached hydrogens (tertiary/aromatic N) is 4. The van der Waals surface area contributed by atoms with Gasteiger partial charge in [-0.2, -0.15) is 0 Å². The Bertz CT molecular complexity index is 477. The normalized spacial score (nSPS) is 22.1. The van der Waals surface area contributed by atoms with E-state index in [-0.39, 0.29) is 16.9 Å². The van der Waals surface area contributed by atoms with Gasteiger partial charge >= 0.3 is 6.03 Å². The van der Waals surface area contributed by atoms with Gasteiger partial charge in [0.25, 0.3) is 0 Å². The van der Waals surface area contributed by atoms with E-state index < -0.39 is 0 Å². The SMILES string of the molecule is CN1C(=O)N(c2ccnc(Cl)n2)CC12COC2. The van der Waals surface area contributed by atoms with E-state index in [0.717, 1.165) is 0 Å². The molecule has 0 saturated carbocycles. The average molecular weight is 255 g/mol. The number of hydrogen-bond donors (Lipinski definition) is 0. The average Bonchev–Trinajstić information content (AvgIpc) is 2.52. The molecule has 1 aromatic rings. The molecule has 3 heterocycles. The maximum atomic E-state index is 12.1. The molecule has 6 nitrogen and oxygen atoms in total. The summed E-state index contributed by atoms with van der Waals surface area (Å²) in [5, 5.41) is 0.142. The molecule has 2 amide bonds. The number of urea groups is 1. The second-order valence-corrected chi connectivity index (χ2v) is 4.67. The van der Waals surface area contributed by atoms with Gasteiger partial charge in [-0.1, -0.05) is 0 Å². The molecule has 0 bridgehead atoms. The summed E-state index contributed by atoms with van der Waals surface area (Å²) in [6, 6.07) is 1.60. The maximum absolute atomic E-state index is 12.1. The summed E-state index contributed by atoms with van der Waals surface area (Å²) >= 11 is 5.73. The van der Waals surface area contributed by atoms with Crippen LogP contribution in [0.1, 0.15) is 0 Å². The van der Waals surface area contributed by atoms with E-state index in [1.807, 2.05) is 0 Å². The fraction of sp³-hybridized carbons (Fsp3) is 0.500. The highest BCUT2D eigenvalue weighted by Crippen LogP contribution is 2.34. The summed E-state index contributed by atoms with van der Waals surface area (Å²) in [5.41, 5.74) is -0.200. The lowest BCUT2D eigenvalue weighted by atomic mass is 9.97. The van der Waals surface area contributed by atoms with Gasteiger partial charge in [0.2, 0.25) is 5.28 Å². The maximum Gasteiger partial charge on any atom is 0.326 e. The Hall–Kier alpha value is -1.40. The minimum atomic E-state index is -0.200. The van der Waals surface area contributed by atoms with Crippen molar-refractivity contribution in [1.82, 2.24) is 14.9 Å². The second kappa shape index (κ2) is 3.54. The number of anilines is 1. The van der Waals surface area contributed by atoms with Crippen molar-refractivity contribution in [3.05, 3.63) is 17.5 Å². The standard InChI is InChI=1S/C10H11ClN4O2/c1-14-9(16)15(4-10(14)5-17-6-10)7-2-3-12-8(11)13-7/h2-3H,4-6H2,1H3. The third kappa shape index (κ3) is 1.48. The number of ether oxygens (including phenoxy) is 1. The molecule has 1 spiro atoms. The largest absolute Gasteiger partial charge is 0.376 e. The summed E-state index contributed by atoms with van der Waals surface area (Å²) in [6.07, 6.45) is 1.54. The number of rotatable bonds is 1. The minimum absolute atomic E-state index is 0.0805. The van der Waals surface area contributed by atoms with Crippen molar-refractivity contribution < 1.29 is 9.53 Å². The van der Waals surface area contributed by atoms with Crippen LogP contribution in [0.3, 0.4) is 0 Å². The van der Waals surface area contributed by atoms with Crippen molar-refractivity contribution in [3.8, 4) is 0 Å². The van der Waals surface area contributed by atoms with Crippen LogP contribution < -0.4 is 4.90 Å². The lowest BCUT2D eigenvalue weighted by Crippen LogP contribution is -2.60. The Kier molecular flexibility index (Phi) is 2.24. The third-order valence-corrected chi connectivity index (χ3v) is 3.49. The summed E-state index contributed by atoms with van der Waals surface area (Å²) in [5.74, 6) is 0.533. The molecule has 3 rings (SSSR count). The third-order valence-electron chi connectivity index (χ3n) is 3.31. The fourth-order valence-electron chi connectivity index (χ4n) is 2.13. The highest BCUT2D eigenvalue weighted by Gasteiger charge is 2.53. The molecule has 1 aromatic heterocycles. The monoisotopic (exact) mass is 254 g/mol. The van der Waals surface area contributed by atoms with Crippen LogP contribution in [0, 0.1) is 0 Å². The van der Waals surface area contributed by atoms with Crippen LogP contribution in [-0.2, 0) is 4.74 Å². The predicted molar refractivity (Wildman–Crippen MR) is 61.1 cm³/mol. The van der Waals surface area contributed by atoms with Gasteiger partial charge in [-0.25, -0.2) is 14.8 Å². The smallest absolute Gasteiger partial charge is 0.326 e.